The van der Waals surface area contributed by atoms with E-state index in [4.69, 9.17) is 4.74 Å². The average Bonchev–Trinajstić information content (AvgIpc) is 3.74. The fourth-order valence-electron chi connectivity index (χ4n) is 7.18. The van der Waals surface area contributed by atoms with Crippen LogP contribution in [0.25, 0.3) is 11.0 Å². The second kappa shape index (κ2) is 12.7. The van der Waals surface area contributed by atoms with Crippen LogP contribution in [0, 0.1) is 11.8 Å². The van der Waals surface area contributed by atoms with Gasteiger partial charge in [0.15, 0.2) is 0 Å². The van der Waals surface area contributed by atoms with Gasteiger partial charge in [-0.15, -0.1) is 18.3 Å². The van der Waals surface area contributed by atoms with Crippen LogP contribution in [-0.2, 0) is 25.8 Å². The van der Waals surface area contributed by atoms with Crippen LogP contribution in [0.3, 0.4) is 0 Å². The van der Waals surface area contributed by atoms with Crippen molar-refractivity contribution in [3.8, 4) is 0 Å². The van der Waals surface area contributed by atoms with Crippen molar-refractivity contribution >= 4 is 28.8 Å². The maximum atomic E-state index is 14.6. The Balaban J connectivity index is 1.49. The first-order chi connectivity index (χ1) is 20.4. The minimum atomic E-state index is -1.08. The molecule has 1 aromatic carbocycles. The highest BCUT2D eigenvalue weighted by atomic mass is 16.5. The predicted molar refractivity (Wildman–Crippen MR) is 157 cm³/mol. The van der Waals surface area contributed by atoms with Crippen molar-refractivity contribution in [3.05, 3.63) is 49.6 Å². The molecule has 1 aromatic heterocycles. The normalized spacial score (nSPS) is 26.0. The first kappa shape index (κ1) is 29.9. The fraction of sp³-hybridized carbons (Fsp3) is 0.581. The van der Waals surface area contributed by atoms with Gasteiger partial charge in [-0.2, -0.15) is 0 Å². The van der Waals surface area contributed by atoms with E-state index < -0.39 is 29.6 Å². The smallest absolute Gasteiger partial charge is 0.250 e. The topological polar surface area (TPSA) is 121 Å². The largest absolute Gasteiger partial charge is 0.396 e. The fourth-order valence-corrected chi connectivity index (χ4v) is 7.18. The summed E-state index contributed by atoms with van der Waals surface area (Å²) in [6, 6.07) is 6.67. The molecule has 1 spiro atoms. The number of hydrogen-bond acceptors (Lipinski definition) is 7. The number of aliphatic hydroxyl groups excluding tert-OH is 1. The van der Waals surface area contributed by atoms with Crippen LogP contribution < -0.4 is 0 Å². The third-order valence-electron chi connectivity index (χ3n) is 8.92. The second-order valence-corrected chi connectivity index (χ2v) is 11.5. The van der Waals surface area contributed by atoms with Crippen LogP contribution in [0.15, 0.2) is 49.6 Å². The minimum absolute atomic E-state index is 0.0692. The molecule has 0 saturated carbocycles. The van der Waals surface area contributed by atoms with Crippen molar-refractivity contribution in [2.45, 2.75) is 69.9 Å². The van der Waals surface area contributed by atoms with E-state index in [1.165, 1.54) is 0 Å². The lowest BCUT2D eigenvalue weighted by Crippen LogP contribution is -2.56. The second-order valence-electron chi connectivity index (χ2n) is 11.5. The maximum absolute atomic E-state index is 14.6. The lowest BCUT2D eigenvalue weighted by Gasteiger charge is -2.37. The van der Waals surface area contributed by atoms with E-state index in [1.54, 1.807) is 31.5 Å². The average molecular weight is 579 g/mol. The summed E-state index contributed by atoms with van der Waals surface area (Å²) in [5, 5.41) is 17.8. The Morgan fingerprint density at radius 2 is 1.90 bits per heavy atom. The molecule has 3 fully saturated rings. The van der Waals surface area contributed by atoms with Gasteiger partial charge in [0.1, 0.15) is 23.8 Å². The van der Waals surface area contributed by atoms with Crippen LogP contribution in [0.2, 0.25) is 0 Å². The van der Waals surface area contributed by atoms with Gasteiger partial charge in [-0.1, -0.05) is 36.4 Å². The zero-order valence-corrected chi connectivity index (χ0v) is 24.4. The van der Waals surface area contributed by atoms with Gasteiger partial charge >= 0.3 is 0 Å². The molecule has 5 rings (SSSR count). The molecule has 3 saturated heterocycles. The molecule has 42 heavy (non-hydrogen) atoms. The summed E-state index contributed by atoms with van der Waals surface area (Å²) in [6.45, 7) is 11.5. The number of nitrogens with zero attached hydrogens (tertiary/aromatic N) is 6. The van der Waals surface area contributed by atoms with Crippen LogP contribution in [0.4, 0.5) is 0 Å². The van der Waals surface area contributed by atoms with Crippen molar-refractivity contribution in [3.63, 3.8) is 0 Å². The maximum Gasteiger partial charge on any atom is 0.250 e. The van der Waals surface area contributed by atoms with Crippen LogP contribution in [0.1, 0.15) is 45.4 Å². The highest BCUT2D eigenvalue weighted by Gasteiger charge is 2.74. The molecule has 4 heterocycles. The molecule has 3 aliphatic rings. The van der Waals surface area contributed by atoms with Gasteiger partial charge < -0.3 is 24.5 Å². The standard InChI is InChI=1S/C31H42N6O5/c1-4-16-34(17-5-2)28(39)25-24-14-15-31(42-24)26(25)29(40)36(19-10-7-11-20-38)27(31)30(41)35(18-6-3)21-37-23-13-9-8-12-22(23)32-33-37/h4,6,8-9,12-13,24-27,38H,1,3,5,7,10-11,14-21H2,2H3/t24-,25+,26-,27?,31?/m0/s1. The Bertz CT molecular complexity index is 1330. The zero-order valence-electron chi connectivity index (χ0n) is 24.4. The summed E-state index contributed by atoms with van der Waals surface area (Å²) >= 11 is 0. The number of aliphatic hydroxyl groups is 1. The van der Waals surface area contributed by atoms with Crippen molar-refractivity contribution < 1.29 is 24.2 Å². The highest BCUT2D eigenvalue weighted by Crippen LogP contribution is 2.59. The zero-order chi connectivity index (χ0) is 29.9. The number of rotatable bonds is 15. The summed E-state index contributed by atoms with van der Waals surface area (Å²) in [4.78, 5) is 47.8. The van der Waals surface area contributed by atoms with Crippen LogP contribution in [0.5, 0.6) is 0 Å². The van der Waals surface area contributed by atoms with Crippen molar-refractivity contribution in [1.29, 1.82) is 0 Å². The number of unbranched alkanes of at least 4 members (excludes halogenated alkanes) is 2. The molecule has 0 aliphatic carbocycles. The Hall–Kier alpha value is -3.57. The van der Waals surface area contributed by atoms with Crippen molar-refractivity contribution in [2.75, 3.05) is 32.8 Å². The molecule has 2 aromatic rings. The van der Waals surface area contributed by atoms with Crippen LogP contribution in [-0.4, -0.2) is 103 Å². The van der Waals surface area contributed by atoms with E-state index in [1.807, 2.05) is 31.2 Å². The van der Waals surface area contributed by atoms with Crippen molar-refractivity contribution in [1.82, 2.24) is 29.7 Å². The van der Waals surface area contributed by atoms with Crippen LogP contribution >= 0.6 is 0 Å². The van der Waals surface area contributed by atoms with E-state index in [-0.39, 0.29) is 37.5 Å². The summed E-state index contributed by atoms with van der Waals surface area (Å²) in [7, 11) is 0. The first-order valence-electron chi connectivity index (χ1n) is 15.1. The summed E-state index contributed by atoms with van der Waals surface area (Å²) in [5.41, 5.74) is 0.436. The minimum Gasteiger partial charge on any atom is -0.396 e. The molecule has 0 radical (unpaired) electrons. The van der Waals surface area contributed by atoms with Gasteiger partial charge in [-0.25, -0.2) is 4.68 Å². The number of amides is 3. The SMILES string of the molecule is C=CCN(Cn1nnc2ccccc21)C(=O)C1N(CCCCCO)C(=O)[C@@H]2[C@H](C(=O)N(CC=C)CCC)[C@@H]3CCC12O3. The molecule has 2 bridgehead atoms. The molecule has 3 aliphatic heterocycles. The third-order valence-corrected chi connectivity index (χ3v) is 8.92. The number of fused-ring (bicyclic) bond motifs is 2. The number of carbonyl (C=O) groups excluding carboxylic acids is 3. The molecule has 11 nitrogen and oxygen atoms in total. The Labute approximate surface area is 246 Å². The van der Waals surface area contributed by atoms with E-state index in [0.717, 1.165) is 23.9 Å². The van der Waals surface area contributed by atoms with Gasteiger partial charge in [0.25, 0.3) is 0 Å². The van der Waals surface area contributed by atoms with Crippen molar-refractivity contribution in [2.24, 2.45) is 11.8 Å². The van der Waals surface area contributed by atoms with Gasteiger partial charge in [-0.05, 0) is 50.7 Å². The first-order valence-corrected chi connectivity index (χ1v) is 15.1. The lowest BCUT2D eigenvalue weighted by atomic mass is 9.70. The number of carbonyl (C=O) groups is 3. The number of para-hydroxylation sites is 1. The van der Waals surface area contributed by atoms with E-state index >= 15 is 0 Å². The molecular weight excluding hydrogens is 536 g/mol. The van der Waals surface area contributed by atoms with E-state index in [0.29, 0.717) is 45.3 Å². The highest BCUT2D eigenvalue weighted by molar-refractivity contribution is 5.99. The summed E-state index contributed by atoms with van der Waals surface area (Å²) < 4.78 is 8.31. The lowest BCUT2D eigenvalue weighted by molar-refractivity contribution is -0.149. The summed E-state index contributed by atoms with van der Waals surface area (Å²) in [5.74, 6) is -1.91. The Kier molecular flexibility index (Phi) is 9.08. The van der Waals surface area contributed by atoms with E-state index in [2.05, 4.69) is 23.5 Å². The molecule has 11 heteroatoms. The monoisotopic (exact) mass is 578 g/mol. The quantitative estimate of drug-likeness (QED) is 0.254. The molecule has 3 amide bonds. The molecule has 2 unspecified atom stereocenters. The predicted octanol–water partition coefficient (Wildman–Crippen LogP) is 2.37. The molecule has 226 valence electrons. The molecular formula is C31H42N6O5. The number of aromatic nitrogens is 3. The van der Waals surface area contributed by atoms with Gasteiger partial charge in [0.05, 0.1) is 23.5 Å². The van der Waals surface area contributed by atoms with Gasteiger partial charge in [0.2, 0.25) is 17.7 Å². The molecule has 5 atom stereocenters. The van der Waals surface area contributed by atoms with Gasteiger partial charge in [-0.3, -0.25) is 14.4 Å². The number of benzene rings is 1. The Morgan fingerprint density at radius 3 is 2.64 bits per heavy atom. The van der Waals surface area contributed by atoms with Gasteiger partial charge in [0, 0.05) is 32.8 Å². The van der Waals surface area contributed by atoms with E-state index in [9.17, 15) is 19.5 Å². The molecule has 1 N–H and O–H groups in total. The third kappa shape index (κ3) is 5.13. The number of hydrogen-bond donors (Lipinski definition) is 1. The summed E-state index contributed by atoms with van der Waals surface area (Å²) in [6.07, 6.45) is 6.85. The number of ether oxygens (including phenoxy) is 1. The number of likely N-dealkylation sites (tertiary alicyclic amines) is 1. The Morgan fingerprint density at radius 1 is 1.14 bits per heavy atom.